The van der Waals surface area contributed by atoms with Gasteiger partial charge in [-0.05, 0) is 26.0 Å². The van der Waals surface area contributed by atoms with Gasteiger partial charge in [-0.1, -0.05) is 0 Å². The number of ether oxygens (including phenoxy) is 1. The van der Waals surface area contributed by atoms with E-state index in [-0.39, 0.29) is 0 Å². The molecule has 1 rings (SSSR count). The summed E-state index contributed by atoms with van der Waals surface area (Å²) in [5.74, 6) is -2.38. The van der Waals surface area contributed by atoms with Gasteiger partial charge in [0.15, 0.2) is 11.6 Å². The van der Waals surface area contributed by atoms with E-state index < -0.39 is 23.1 Å². The quantitative estimate of drug-likeness (QED) is 0.808. The molecular weight excluding hydrogens is 216 g/mol. The van der Waals surface area contributed by atoms with Crippen LogP contribution in [-0.2, 0) is 9.53 Å². The molecule has 0 aromatic heterocycles. The van der Waals surface area contributed by atoms with Crippen molar-refractivity contribution in [1.29, 1.82) is 0 Å². The van der Waals surface area contributed by atoms with Gasteiger partial charge in [-0.25, -0.2) is 13.6 Å². The van der Waals surface area contributed by atoms with Crippen LogP contribution in [0.15, 0.2) is 18.2 Å². The van der Waals surface area contributed by atoms with Crippen LogP contribution in [-0.4, -0.2) is 18.6 Å². The molecule has 0 bridgehead atoms. The van der Waals surface area contributed by atoms with Gasteiger partial charge >= 0.3 is 5.97 Å². The number of nitrogens with one attached hydrogen (secondary N) is 1. The Balaban J connectivity index is 2.88. The van der Waals surface area contributed by atoms with Crippen molar-refractivity contribution in [2.24, 2.45) is 0 Å². The van der Waals surface area contributed by atoms with E-state index in [1.165, 1.54) is 13.2 Å². The van der Waals surface area contributed by atoms with Crippen LogP contribution < -0.4 is 5.32 Å². The number of hydrogen-bond acceptors (Lipinski definition) is 3. The van der Waals surface area contributed by atoms with Crippen molar-refractivity contribution < 1.29 is 18.3 Å². The molecule has 0 radical (unpaired) electrons. The molecule has 0 atom stereocenters. The first-order valence-electron chi connectivity index (χ1n) is 4.68. The molecule has 0 spiro atoms. The maximum absolute atomic E-state index is 12.9. The molecule has 0 aliphatic carbocycles. The molecule has 1 aromatic carbocycles. The first-order valence-corrected chi connectivity index (χ1v) is 4.68. The molecule has 0 aliphatic rings. The molecule has 0 unspecified atom stereocenters. The molecule has 0 fully saturated rings. The Hall–Kier alpha value is -1.65. The summed E-state index contributed by atoms with van der Waals surface area (Å²) in [7, 11) is 1.26. The standard InChI is InChI=1S/C11H13F2NO2/c1-11(2,10(15)16-3)14-7-4-5-8(12)9(13)6-7/h4-6,14H,1-3H3. The zero-order valence-corrected chi connectivity index (χ0v) is 9.30. The number of esters is 1. The predicted octanol–water partition coefficient (Wildman–Crippen LogP) is 2.33. The third kappa shape index (κ3) is 2.68. The van der Waals surface area contributed by atoms with Gasteiger partial charge < -0.3 is 10.1 Å². The zero-order chi connectivity index (χ0) is 12.3. The van der Waals surface area contributed by atoms with Crippen molar-refractivity contribution in [2.45, 2.75) is 19.4 Å². The largest absolute Gasteiger partial charge is 0.467 e. The number of hydrogen-bond donors (Lipinski definition) is 1. The van der Waals surface area contributed by atoms with Crippen molar-refractivity contribution in [3.63, 3.8) is 0 Å². The number of anilines is 1. The Morgan fingerprint density at radius 1 is 1.31 bits per heavy atom. The normalized spacial score (nSPS) is 11.1. The van der Waals surface area contributed by atoms with E-state index in [4.69, 9.17) is 0 Å². The summed E-state index contributed by atoms with van der Waals surface area (Å²) < 4.78 is 30.1. The van der Waals surface area contributed by atoms with Crippen molar-refractivity contribution in [1.82, 2.24) is 0 Å². The highest BCUT2D eigenvalue weighted by Crippen LogP contribution is 2.18. The number of rotatable bonds is 3. The number of carbonyl (C=O) groups excluding carboxylic acids is 1. The Kier molecular flexibility index (Phi) is 3.47. The van der Waals surface area contributed by atoms with E-state index in [1.807, 2.05) is 0 Å². The number of carbonyl (C=O) groups is 1. The minimum absolute atomic E-state index is 0.314. The SMILES string of the molecule is COC(=O)C(C)(C)Nc1ccc(F)c(F)c1. The van der Waals surface area contributed by atoms with Gasteiger partial charge in [-0.3, -0.25) is 0 Å². The maximum atomic E-state index is 12.9. The highest BCUT2D eigenvalue weighted by Gasteiger charge is 2.28. The fraction of sp³-hybridized carbons (Fsp3) is 0.364. The van der Waals surface area contributed by atoms with Crippen molar-refractivity contribution >= 4 is 11.7 Å². The third-order valence-electron chi connectivity index (χ3n) is 2.07. The number of halogens is 2. The van der Waals surface area contributed by atoms with Crippen molar-refractivity contribution in [3.8, 4) is 0 Å². The molecule has 3 nitrogen and oxygen atoms in total. The van der Waals surface area contributed by atoms with Crippen LogP contribution in [0.25, 0.3) is 0 Å². The molecule has 16 heavy (non-hydrogen) atoms. The van der Waals surface area contributed by atoms with Crippen LogP contribution in [0.2, 0.25) is 0 Å². The second kappa shape index (κ2) is 4.47. The van der Waals surface area contributed by atoms with Crippen LogP contribution in [0.4, 0.5) is 14.5 Å². The minimum atomic E-state index is -1.00. The summed E-state index contributed by atoms with van der Waals surface area (Å²) in [5, 5.41) is 2.76. The molecule has 0 saturated heterocycles. The van der Waals surface area contributed by atoms with E-state index in [2.05, 4.69) is 10.1 Å². The first kappa shape index (κ1) is 12.4. The smallest absolute Gasteiger partial charge is 0.330 e. The number of methoxy groups -OCH3 is 1. The summed E-state index contributed by atoms with van der Waals surface area (Å²) >= 11 is 0. The van der Waals surface area contributed by atoms with Gasteiger partial charge in [0, 0.05) is 11.8 Å². The van der Waals surface area contributed by atoms with Crippen LogP contribution in [0.3, 0.4) is 0 Å². The van der Waals surface area contributed by atoms with Gasteiger partial charge in [0.1, 0.15) is 5.54 Å². The lowest BCUT2D eigenvalue weighted by Crippen LogP contribution is -2.41. The van der Waals surface area contributed by atoms with E-state index in [0.29, 0.717) is 5.69 Å². The first-order chi connectivity index (χ1) is 7.36. The Labute approximate surface area is 92.4 Å². The average Bonchev–Trinajstić information content (AvgIpc) is 2.22. The van der Waals surface area contributed by atoms with Gasteiger partial charge in [0.05, 0.1) is 7.11 Å². The highest BCUT2D eigenvalue weighted by atomic mass is 19.2. The molecule has 0 aliphatic heterocycles. The lowest BCUT2D eigenvalue weighted by atomic mass is 10.1. The molecule has 0 amide bonds. The fourth-order valence-corrected chi connectivity index (χ4v) is 1.24. The summed E-state index contributed by atoms with van der Waals surface area (Å²) in [4.78, 5) is 11.3. The molecular formula is C11H13F2NO2. The molecule has 88 valence electrons. The lowest BCUT2D eigenvalue weighted by Gasteiger charge is -2.24. The highest BCUT2D eigenvalue weighted by molar-refractivity contribution is 5.83. The van der Waals surface area contributed by atoms with E-state index >= 15 is 0 Å². The second-order valence-electron chi connectivity index (χ2n) is 3.87. The molecule has 0 saturated carbocycles. The molecule has 0 heterocycles. The maximum Gasteiger partial charge on any atom is 0.330 e. The molecule has 5 heteroatoms. The van der Waals surface area contributed by atoms with Gasteiger partial charge in [-0.2, -0.15) is 0 Å². The summed E-state index contributed by atoms with van der Waals surface area (Å²) in [6, 6.07) is 3.33. The van der Waals surface area contributed by atoms with Crippen molar-refractivity contribution in [2.75, 3.05) is 12.4 Å². The Bertz CT molecular complexity index is 405. The monoisotopic (exact) mass is 229 g/mol. The van der Waals surface area contributed by atoms with Crippen LogP contribution >= 0.6 is 0 Å². The van der Waals surface area contributed by atoms with E-state index in [1.54, 1.807) is 13.8 Å². The summed E-state index contributed by atoms with van der Waals surface area (Å²) in [5.41, 5.74) is -0.687. The Morgan fingerprint density at radius 3 is 2.44 bits per heavy atom. The molecule has 1 aromatic rings. The summed E-state index contributed by atoms with van der Waals surface area (Å²) in [6.45, 7) is 3.17. The summed E-state index contributed by atoms with van der Waals surface area (Å²) in [6.07, 6.45) is 0. The third-order valence-corrected chi connectivity index (χ3v) is 2.07. The lowest BCUT2D eigenvalue weighted by molar-refractivity contribution is -0.144. The van der Waals surface area contributed by atoms with Gasteiger partial charge in [-0.15, -0.1) is 0 Å². The topological polar surface area (TPSA) is 38.3 Å². The fourth-order valence-electron chi connectivity index (χ4n) is 1.24. The second-order valence-corrected chi connectivity index (χ2v) is 3.87. The van der Waals surface area contributed by atoms with Gasteiger partial charge in [0.25, 0.3) is 0 Å². The van der Waals surface area contributed by atoms with Crippen LogP contribution in [0.1, 0.15) is 13.8 Å². The van der Waals surface area contributed by atoms with E-state index in [0.717, 1.165) is 12.1 Å². The van der Waals surface area contributed by atoms with Crippen LogP contribution in [0, 0.1) is 11.6 Å². The average molecular weight is 229 g/mol. The number of benzene rings is 1. The van der Waals surface area contributed by atoms with E-state index in [9.17, 15) is 13.6 Å². The van der Waals surface area contributed by atoms with Crippen molar-refractivity contribution in [3.05, 3.63) is 29.8 Å². The Morgan fingerprint density at radius 2 is 1.94 bits per heavy atom. The van der Waals surface area contributed by atoms with Crippen LogP contribution in [0.5, 0.6) is 0 Å². The minimum Gasteiger partial charge on any atom is -0.467 e. The molecule has 1 N–H and O–H groups in total. The zero-order valence-electron chi connectivity index (χ0n) is 9.30. The van der Waals surface area contributed by atoms with Gasteiger partial charge in [0.2, 0.25) is 0 Å². The predicted molar refractivity (Wildman–Crippen MR) is 56.1 cm³/mol.